The molecule has 0 aliphatic rings. The van der Waals surface area contributed by atoms with Gasteiger partial charge in [0.05, 0.1) is 12.5 Å². The van der Waals surface area contributed by atoms with Crippen LogP contribution in [0.3, 0.4) is 0 Å². The van der Waals surface area contributed by atoms with E-state index in [9.17, 15) is 9.59 Å². The third-order valence-corrected chi connectivity index (χ3v) is 4.57. The summed E-state index contributed by atoms with van der Waals surface area (Å²) in [5, 5.41) is 6.33. The van der Waals surface area contributed by atoms with Crippen LogP contribution in [0, 0.1) is 0 Å². The van der Waals surface area contributed by atoms with E-state index < -0.39 is 6.04 Å². The van der Waals surface area contributed by atoms with Crippen LogP contribution in [-0.2, 0) is 9.59 Å². The summed E-state index contributed by atoms with van der Waals surface area (Å²) in [5.74, 6) is -0.356. The highest BCUT2D eigenvalue weighted by atomic mass is 35.5. The van der Waals surface area contributed by atoms with Crippen molar-refractivity contribution in [1.82, 2.24) is 5.32 Å². The third-order valence-electron chi connectivity index (χ3n) is 4.32. The molecule has 0 heterocycles. The lowest BCUT2D eigenvalue weighted by atomic mass is 10.0. The first-order chi connectivity index (χ1) is 12.9. The second-order valence-corrected chi connectivity index (χ2v) is 6.71. The minimum atomic E-state index is -0.408. The van der Waals surface area contributed by atoms with E-state index in [0.29, 0.717) is 5.02 Å². The second-order valence-electron chi connectivity index (χ2n) is 6.28. The van der Waals surface area contributed by atoms with Crippen molar-refractivity contribution in [3.05, 3.63) is 59.1 Å². The molecule has 0 radical (unpaired) electrons. The number of halogens is 1. The van der Waals surface area contributed by atoms with Gasteiger partial charge < -0.3 is 15.5 Å². The molecule has 0 bridgehead atoms. The van der Waals surface area contributed by atoms with Gasteiger partial charge in [-0.1, -0.05) is 23.7 Å². The van der Waals surface area contributed by atoms with Crippen LogP contribution in [0.25, 0.3) is 0 Å². The van der Waals surface area contributed by atoms with E-state index >= 15 is 0 Å². The zero-order valence-electron chi connectivity index (χ0n) is 16.0. The Kier molecular flexibility index (Phi) is 7.67. The number of anilines is 2. The zero-order valence-corrected chi connectivity index (χ0v) is 16.7. The largest absolute Gasteiger partial charge is 0.372 e. The standard InChI is InChI=1S/C21H26ClN3O2/c1-4-25(5-2)19-12-10-18(11-13-19)24-21(27)14-20(23-15(3)26)16-6-8-17(22)9-7-16/h6-13,20H,4-5,14H2,1-3H3,(H,23,26)(H,24,27). The number of carbonyl (C=O) groups is 2. The predicted molar refractivity (Wildman–Crippen MR) is 111 cm³/mol. The minimum Gasteiger partial charge on any atom is -0.372 e. The number of amides is 2. The number of rotatable bonds is 8. The Labute approximate surface area is 165 Å². The van der Waals surface area contributed by atoms with E-state index in [-0.39, 0.29) is 18.2 Å². The monoisotopic (exact) mass is 387 g/mol. The molecular weight excluding hydrogens is 362 g/mol. The average molecular weight is 388 g/mol. The molecule has 2 aromatic carbocycles. The van der Waals surface area contributed by atoms with E-state index in [1.807, 2.05) is 36.4 Å². The van der Waals surface area contributed by atoms with Crippen LogP contribution >= 0.6 is 11.6 Å². The van der Waals surface area contributed by atoms with Crippen molar-refractivity contribution in [3.8, 4) is 0 Å². The van der Waals surface area contributed by atoms with Crippen molar-refractivity contribution in [2.75, 3.05) is 23.3 Å². The summed E-state index contributed by atoms with van der Waals surface area (Å²) in [5.41, 5.74) is 2.69. The quantitative estimate of drug-likeness (QED) is 0.706. The van der Waals surface area contributed by atoms with E-state index in [0.717, 1.165) is 30.0 Å². The second kappa shape index (κ2) is 9.97. The van der Waals surface area contributed by atoms with Gasteiger partial charge in [0.15, 0.2) is 0 Å². The van der Waals surface area contributed by atoms with Gasteiger partial charge in [0, 0.05) is 36.4 Å². The SMILES string of the molecule is CCN(CC)c1ccc(NC(=O)CC(NC(C)=O)c2ccc(Cl)cc2)cc1. The fourth-order valence-corrected chi connectivity index (χ4v) is 3.06. The van der Waals surface area contributed by atoms with Crippen LogP contribution < -0.4 is 15.5 Å². The van der Waals surface area contributed by atoms with Gasteiger partial charge in [0.1, 0.15) is 0 Å². The topological polar surface area (TPSA) is 61.4 Å². The van der Waals surface area contributed by atoms with E-state index in [4.69, 9.17) is 11.6 Å². The number of hydrogen-bond acceptors (Lipinski definition) is 3. The van der Waals surface area contributed by atoms with Crippen molar-refractivity contribution >= 4 is 34.8 Å². The fourth-order valence-electron chi connectivity index (χ4n) is 2.93. The maximum atomic E-state index is 12.5. The predicted octanol–water partition coefficient (Wildman–Crippen LogP) is 4.39. The van der Waals surface area contributed by atoms with Crippen LogP contribution in [0.15, 0.2) is 48.5 Å². The molecular formula is C21H26ClN3O2. The summed E-state index contributed by atoms with van der Waals surface area (Å²) in [6, 6.07) is 14.5. The van der Waals surface area contributed by atoms with Crippen molar-refractivity contribution in [2.24, 2.45) is 0 Å². The molecule has 2 aromatic rings. The van der Waals surface area contributed by atoms with Crippen LogP contribution in [-0.4, -0.2) is 24.9 Å². The Morgan fingerprint density at radius 2 is 1.59 bits per heavy atom. The molecule has 0 saturated carbocycles. The molecule has 2 amide bonds. The first-order valence-corrected chi connectivity index (χ1v) is 9.48. The number of nitrogens with one attached hydrogen (secondary N) is 2. The van der Waals surface area contributed by atoms with Crippen LogP contribution in [0.2, 0.25) is 5.02 Å². The van der Waals surface area contributed by atoms with Gasteiger partial charge in [0.2, 0.25) is 11.8 Å². The highest BCUT2D eigenvalue weighted by Crippen LogP contribution is 2.22. The molecule has 0 aromatic heterocycles. The first kappa shape index (κ1) is 20.8. The van der Waals surface area contributed by atoms with Gasteiger partial charge >= 0.3 is 0 Å². The van der Waals surface area contributed by atoms with Crippen LogP contribution in [0.4, 0.5) is 11.4 Å². The zero-order chi connectivity index (χ0) is 19.8. The van der Waals surface area contributed by atoms with Gasteiger partial charge in [-0.15, -0.1) is 0 Å². The maximum absolute atomic E-state index is 12.5. The Balaban J connectivity index is 2.04. The van der Waals surface area contributed by atoms with Crippen molar-refractivity contribution in [3.63, 3.8) is 0 Å². The normalized spacial score (nSPS) is 11.6. The summed E-state index contributed by atoms with van der Waals surface area (Å²) in [6.07, 6.45) is 0.138. The summed E-state index contributed by atoms with van der Waals surface area (Å²) >= 11 is 5.92. The first-order valence-electron chi connectivity index (χ1n) is 9.10. The van der Waals surface area contributed by atoms with Gasteiger partial charge in [-0.25, -0.2) is 0 Å². The summed E-state index contributed by atoms with van der Waals surface area (Å²) in [4.78, 5) is 26.2. The van der Waals surface area contributed by atoms with Gasteiger partial charge in [-0.2, -0.15) is 0 Å². The summed E-state index contributed by atoms with van der Waals surface area (Å²) < 4.78 is 0. The van der Waals surface area contributed by atoms with E-state index in [1.54, 1.807) is 12.1 Å². The van der Waals surface area contributed by atoms with Crippen molar-refractivity contribution < 1.29 is 9.59 Å². The number of hydrogen-bond donors (Lipinski definition) is 2. The molecule has 1 unspecified atom stereocenters. The Morgan fingerprint density at radius 1 is 1.00 bits per heavy atom. The molecule has 6 heteroatoms. The lowest BCUT2D eigenvalue weighted by Crippen LogP contribution is -2.29. The Bertz CT molecular complexity index is 756. The smallest absolute Gasteiger partial charge is 0.226 e. The third kappa shape index (κ3) is 6.29. The van der Waals surface area contributed by atoms with Crippen molar-refractivity contribution in [1.29, 1.82) is 0 Å². The molecule has 0 aliphatic heterocycles. The molecule has 0 saturated heterocycles. The minimum absolute atomic E-state index is 0.138. The molecule has 144 valence electrons. The lowest BCUT2D eigenvalue weighted by Gasteiger charge is -2.21. The van der Waals surface area contributed by atoms with Crippen molar-refractivity contribution in [2.45, 2.75) is 33.2 Å². The summed E-state index contributed by atoms with van der Waals surface area (Å²) in [7, 11) is 0. The van der Waals surface area contributed by atoms with Crippen LogP contribution in [0.5, 0.6) is 0 Å². The molecule has 27 heavy (non-hydrogen) atoms. The molecule has 0 aliphatic carbocycles. The molecule has 1 atom stereocenters. The fraction of sp³-hybridized carbons (Fsp3) is 0.333. The van der Waals surface area contributed by atoms with Gasteiger partial charge in [-0.3, -0.25) is 9.59 Å². The molecule has 5 nitrogen and oxygen atoms in total. The maximum Gasteiger partial charge on any atom is 0.226 e. The van der Waals surface area contributed by atoms with E-state index in [1.165, 1.54) is 6.92 Å². The summed E-state index contributed by atoms with van der Waals surface area (Å²) in [6.45, 7) is 7.52. The Morgan fingerprint density at radius 3 is 2.11 bits per heavy atom. The Hall–Kier alpha value is -2.53. The average Bonchev–Trinajstić information content (AvgIpc) is 2.64. The van der Waals surface area contributed by atoms with Gasteiger partial charge in [0.25, 0.3) is 0 Å². The van der Waals surface area contributed by atoms with E-state index in [2.05, 4.69) is 29.4 Å². The lowest BCUT2D eigenvalue weighted by molar-refractivity contribution is -0.120. The number of carbonyl (C=O) groups excluding carboxylic acids is 2. The molecule has 0 fully saturated rings. The highest BCUT2D eigenvalue weighted by Gasteiger charge is 2.17. The highest BCUT2D eigenvalue weighted by molar-refractivity contribution is 6.30. The van der Waals surface area contributed by atoms with Gasteiger partial charge in [-0.05, 0) is 55.8 Å². The molecule has 2 rings (SSSR count). The van der Waals surface area contributed by atoms with Crippen LogP contribution in [0.1, 0.15) is 38.8 Å². The molecule has 0 spiro atoms. The number of nitrogens with zero attached hydrogens (tertiary/aromatic N) is 1. The number of benzene rings is 2. The molecule has 2 N–H and O–H groups in total.